The summed E-state index contributed by atoms with van der Waals surface area (Å²) in [7, 11) is 3.49. The average molecular weight is 226 g/mol. The van der Waals surface area contributed by atoms with Gasteiger partial charge in [-0.25, -0.2) is 0 Å². The molecule has 0 aliphatic rings. The molecule has 1 atom stereocenters. The maximum atomic E-state index is 5.07. The SMILES string of the molecule is C=CC(CC/C=C/CCCOC)CCOC. The van der Waals surface area contributed by atoms with Gasteiger partial charge in [0.25, 0.3) is 0 Å². The molecule has 0 amide bonds. The van der Waals surface area contributed by atoms with Crippen molar-refractivity contribution in [3.63, 3.8) is 0 Å². The summed E-state index contributed by atoms with van der Waals surface area (Å²) in [6, 6.07) is 0. The van der Waals surface area contributed by atoms with Crippen LogP contribution in [0.1, 0.15) is 32.1 Å². The topological polar surface area (TPSA) is 18.5 Å². The Balaban J connectivity index is 3.42. The first-order valence-electron chi connectivity index (χ1n) is 6.10. The molecule has 0 aromatic heterocycles. The third-order valence-electron chi connectivity index (χ3n) is 2.62. The van der Waals surface area contributed by atoms with E-state index in [2.05, 4.69) is 18.7 Å². The third kappa shape index (κ3) is 9.94. The van der Waals surface area contributed by atoms with E-state index in [1.807, 2.05) is 6.08 Å². The summed E-state index contributed by atoms with van der Waals surface area (Å²) < 4.78 is 10.1. The summed E-state index contributed by atoms with van der Waals surface area (Å²) >= 11 is 0. The Kier molecular flexibility index (Phi) is 12.0. The van der Waals surface area contributed by atoms with E-state index in [1.54, 1.807) is 14.2 Å². The second kappa shape index (κ2) is 12.5. The Labute approximate surface area is 100 Å². The van der Waals surface area contributed by atoms with Crippen molar-refractivity contribution in [3.05, 3.63) is 24.8 Å². The van der Waals surface area contributed by atoms with Crippen LogP contribution in [0.25, 0.3) is 0 Å². The predicted octanol–water partition coefficient (Wildman–Crippen LogP) is 3.59. The number of unbranched alkanes of at least 4 members (excludes halogenated alkanes) is 1. The summed E-state index contributed by atoms with van der Waals surface area (Å²) in [6.45, 7) is 5.54. The van der Waals surface area contributed by atoms with Gasteiger partial charge in [-0.3, -0.25) is 0 Å². The van der Waals surface area contributed by atoms with Crippen molar-refractivity contribution in [2.75, 3.05) is 27.4 Å². The molecule has 0 aromatic carbocycles. The molecule has 0 aromatic rings. The highest BCUT2D eigenvalue weighted by atomic mass is 16.5. The van der Waals surface area contributed by atoms with Crippen molar-refractivity contribution in [1.29, 1.82) is 0 Å². The standard InChI is InChI=1S/C14H26O2/c1-4-14(11-13-16-3)10-8-6-5-7-9-12-15-2/h4-6,14H,1,7-13H2,2-3H3/b6-5+. The monoisotopic (exact) mass is 226 g/mol. The molecule has 0 rings (SSSR count). The Morgan fingerprint density at radius 1 is 1.00 bits per heavy atom. The molecular weight excluding hydrogens is 200 g/mol. The Morgan fingerprint density at radius 2 is 1.69 bits per heavy atom. The van der Waals surface area contributed by atoms with Gasteiger partial charge >= 0.3 is 0 Å². The summed E-state index contributed by atoms with van der Waals surface area (Å²) in [5.74, 6) is 0.587. The molecule has 16 heavy (non-hydrogen) atoms. The largest absolute Gasteiger partial charge is 0.385 e. The minimum absolute atomic E-state index is 0.587. The van der Waals surface area contributed by atoms with Gasteiger partial charge in [-0.2, -0.15) is 0 Å². The Bertz CT molecular complexity index is 176. The molecule has 1 unspecified atom stereocenters. The van der Waals surface area contributed by atoms with Gasteiger partial charge in [-0.05, 0) is 38.0 Å². The molecular formula is C14H26O2. The number of rotatable bonds is 11. The van der Waals surface area contributed by atoms with Crippen LogP contribution in [0.3, 0.4) is 0 Å². The smallest absolute Gasteiger partial charge is 0.0467 e. The molecule has 0 spiro atoms. The van der Waals surface area contributed by atoms with Gasteiger partial charge in [-0.1, -0.05) is 18.2 Å². The van der Waals surface area contributed by atoms with E-state index < -0.39 is 0 Å². The highest BCUT2D eigenvalue weighted by Crippen LogP contribution is 2.13. The molecule has 0 saturated carbocycles. The van der Waals surface area contributed by atoms with E-state index in [1.165, 1.54) is 6.42 Å². The lowest BCUT2D eigenvalue weighted by molar-refractivity contribution is 0.183. The molecule has 94 valence electrons. The van der Waals surface area contributed by atoms with E-state index in [4.69, 9.17) is 9.47 Å². The lowest BCUT2D eigenvalue weighted by atomic mass is 10.00. The molecule has 0 radical (unpaired) electrons. The van der Waals surface area contributed by atoms with Crippen LogP contribution in [0.15, 0.2) is 24.8 Å². The number of hydrogen-bond donors (Lipinski definition) is 0. The van der Waals surface area contributed by atoms with Crippen molar-refractivity contribution < 1.29 is 9.47 Å². The Morgan fingerprint density at radius 3 is 2.31 bits per heavy atom. The quantitative estimate of drug-likeness (QED) is 0.396. The molecule has 0 bridgehead atoms. The van der Waals surface area contributed by atoms with Crippen molar-refractivity contribution in [2.45, 2.75) is 32.1 Å². The maximum Gasteiger partial charge on any atom is 0.0467 e. The fourth-order valence-electron chi connectivity index (χ4n) is 1.54. The second-order valence-corrected chi connectivity index (χ2v) is 3.96. The van der Waals surface area contributed by atoms with Crippen molar-refractivity contribution in [3.8, 4) is 0 Å². The molecule has 2 heteroatoms. The van der Waals surface area contributed by atoms with Crippen LogP contribution < -0.4 is 0 Å². The fraction of sp³-hybridized carbons (Fsp3) is 0.714. The van der Waals surface area contributed by atoms with E-state index in [9.17, 15) is 0 Å². The number of allylic oxidation sites excluding steroid dienone is 3. The van der Waals surface area contributed by atoms with Crippen LogP contribution in [0, 0.1) is 5.92 Å². The first-order chi connectivity index (χ1) is 7.85. The minimum atomic E-state index is 0.587. The molecule has 0 N–H and O–H groups in total. The lowest BCUT2D eigenvalue weighted by Crippen LogP contribution is -2.00. The lowest BCUT2D eigenvalue weighted by Gasteiger charge is -2.09. The van der Waals surface area contributed by atoms with Gasteiger partial charge in [0.2, 0.25) is 0 Å². The van der Waals surface area contributed by atoms with Gasteiger partial charge in [0.15, 0.2) is 0 Å². The van der Waals surface area contributed by atoms with Crippen LogP contribution in [-0.2, 0) is 9.47 Å². The summed E-state index contributed by atoms with van der Waals surface area (Å²) in [6.07, 6.45) is 12.2. The van der Waals surface area contributed by atoms with Crippen molar-refractivity contribution in [2.24, 2.45) is 5.92 Å². The zero-order chi connectivity index (χ0) is 12.1. The first-order valence-corrected chi connectivity index (χ1v) is 6.10. The molecule has 2 nitrogen and oxygen atoms in total. The first kappa shape index (κ1) is 15.4. The molecule has 0 saturated heterocycles. The zero-order valence-corrected chi connectivity index (χ0v) is 10.8. The van der Waals surface area contributed by atoms with Crippen LogP contribution >= 0.6 is 0 Å². The van der Waals surface area contributed by atoms with Crippen molar-refractivity contribution >= 4 is 0 Å². The number of hydrogen-bond acceptors (Lipinski definition) is 2. The van der Waals surface area contributed by atoms with E-state index in [-0.39, 0.29) is 0 Å². The maximum absolute atomic E-state index is 5.07. The average Bonchev–Trinajstić information content (AvgIpc) is 2.32. The van der Waals surface area contributed by atoms with Gasteiger partial charge < -0.3 is 9.47 Å². The van der Waals surface area contributed by atoms with Gasteiger partial charge in [0.1, 0.15) is 0 Å². The normalized spacial score (nSPS) is 13.1. The molecule has 0 fully saturated rings. The second-order valence-electron chi connectivity index (χ2n) is 3.96. The van der Waals surface area contributed by atoms with Crippen molar-refractivity contribution in [1.82, 2.24) is 0 Å². The van der Waals surface area contributed by atoms with Crippen LogP contribution in [-0.4, -0.2) is 27.4 Å². The Hall–Kier alpha value is -0.600. The summed E-state index contributed by atoms with van der Waals surface area (Å²) in [5, 5.41) is 0. The number of ether oxygens (including phenoxy) is 2. The number of methoxy groups -OCH3 is 2. The highest BCUT2D eigenvalue weighted by molar-refractivity contribution is 4.86. The summed E-state index contributed by atoms with van der Waals surface area (Å²) in [5.41, 5.74) is 0. The van der Waals surface area contributed by atoms with Crippen LogP contribution in [0.5, 0.6) is 0 Å². The molecule has 0 aliphatic carbocycles. The van der Waals surface area contributed by atoms with Crippen LogP contribution in [0.4, 0.5) is 0 Å². The van der Waals surface area contributed by atoms with E-state index in [0.717, 1.165) is 38.9 Å². The third-order valence-corrected chi connectivity index (χ3v) is 2.62. The summed E-state index contributed by atoms with van der Waals surface area (Å²) in [4.78, 5) is 0. The molecule has 0 heterocycles. The minimum Gasteiger partial charge on any atom is -0.385 e. The fourth-order valence-corrected chi connectivity index (χ4v) is 1.54. The molecule has 0 aliphatic heterocycles. The highest BCUT2D eigenvalue weighted by Gasteiger charge is 2.01. The van der Waals surface area contributed by atoms with Gasteiger partial charge in [0, 0.05) is 27.4 Å². The van der Waals surface area contributed by atoms with Gasteiger partial charge in [0.05, 0.1) is 0 Å². The van der Waals surface area contributed by atoms with E-state index >= 15 is 0 Å². The van der Waals surface area contributed by atoms with Crippen LogP contribution in [0.2, 0.25) is 0 Å². The van der Waals surface area contributed by atoms with Gasteiger partial charge in [-0.15, -0.1) is 6.58 Å². The van der Waals surface area contributed by atoms with E-state index in [0.29, 0.717) is 5.92 Å². The zero-order valence-electron chi connectivity index (χ0n) is 10.8. The predicted molar refractivity (Wildman–Crippen MR) is 69.7 cm³/mol.